The Hall–Kier alpha value is -0.860. The number of ketones is 1. The number of Topliss-reactive ketones (excluding diaryl/α,β-unsaturated/α-hetero) is 1. The Bertz CT molecular complexity index is 335. The van der Waals surface area contributed by atoms with Gasteiger partial charge in [0.2, 0.25) is 0 Å². The molecule has 0 unspecified atom stereocenters. The molecule has 0 aromatic rings. The molecule has 1 saturated carbocycles. The number of esters is 1. The van der Waals surface area contributed by atoms with E-state index in [2.05, 4.69) is 27.7 Å². The highest BCUT2D eigenvalue weighted by molar-refractivity contribution is 5.85. The van der Waals surface area contributed by atoms with Crippen molar-refractivity contribution in [2.75, 3.05) is 6.61 Å². The number of carbonyl (C=O) groups is 2. The second-order valence-electron chi connectivity index (χ2n) is 6.97. The minimum atomic E-state index is -0.221. The third-order valence-electron chi connectivity index (χ3n) is 4.77. The fourth-order valence-corrected chi connectivity index (χ4v) is 3.39. The normalized spacial score (nSPS) is 25.9. The van der Waals surface area contributed by atoms with E-state index in [9.17, 15) is 9.59 Å². The Morgan fingerprint density at radius 1 is 1.19 bits per heavy atom. The molecule has 0 amide bonds. The molecule has 21 heavy (non-hydrogen) atoms. The summed E-state index contributed by atoms with van der Waals surface area (Å²) in [6.07, 6.45) is 5.88. The Labute approximate surface area is 129 Å². The molecule has 1 fully saturated rings. The first kappa shape index (κ1) is 18.2. The molecule has 0 heterocycles. The van der Waals surface area contributed by atoms with Crippen molar-refractivity contribution in [1.82, 2.24) is 0 Å². The van der Waals surface area contributed by atoms with Crippen molar-refractivity contribution in [3.63, 3.8) is 0 Å². The fraction of sp³-hybridized carbons (Fsp3) is 0.889. The summed E-state index contributed by atoms with van der Waals surface area (Å²) in [5.74, 6) is 1.87. The molecule has 0 N–H and O–H groups in total. The Balaban J connectivity index is 2.42. The highest BCUT2D eigenvalue weighted by atomic mass is 16.5. The van der Waals surface area contributed by atoms with Gasteiger partial charge in [0.1, 0.15) is 5.78 Å². The van der Waals surface area contributed by atoms with Gasteiger partial charge in [-0.15, -0.1) is 0 Å². The van der Waals surface area contributed by atoms with E-state index in [1.165, 1.54) is 6.42 Å². The smallest absolute Gasteiger partial charge is 0.306 e. The van der Waals surface area contributed by atoms with Crippen molar-refractivity contribution >= 4 is 11.8 Å². The molecular formula is C18H32O3. The zero-order valence-corrected chi connectivity index (χ0v) is 14.2. The third-order valence-corrected chi connectivity index (χ3v) is 4.77. The largest absolute Gasteiger partial charge is 0.466 e. The standard InChI is InChI=1S/C18H32O3/c1-5-6-11-21-18(20)10-9-17(19)16-12-14(4)7-8-15(16)13(2)3/h13-16H,5-12H2,1-4H3/t14-,15+,16-/m1/s1. The summed E-state index contributed by atoms with van der Waals surface area (Å²) < 4.78 is 5.12. The van der Waals surface area contributed by atoms with Crippen molar-refractivity contribution < 1.29 is 14.3 Å². The molecule has 0 aromatic heterocycles. The molecule has 0 aromatic carbocycles. The maximum absolute atomic E-state index is 12.5. The first-order chi connectivity index (χ1) is 9.95. The van der Waals surface area contributed by atoms with E-state index in [0.29, 0.717) is 30.8 Å². The van der Waals surface area contributed by atoms with E-state index in [0.717, 1.165) is 25.7 Å². The van der Waals surface area contributed by atoms with Crippen LogP contribution in [0.15, 0.2) is 0 Å². The quantitative estimate of drug-likeness (QED) is 0.493. The van der Waals surface area contributed by atoms with Crippen molar-refractivity contribution in [2.45, 2.75) is 72.6 Å². The van der Waals surface area contributed by atoms with Gasteiger partial charge in [-0.25, -0.2) is 0 Å². The molecule has 1 aliphatic carbocycles. The average Bonchev–Trinajstić information content (AvgIpc) is 2.44. The summed E-state index contributed by atoms with van der Waals surface area (Å²) >= 11 is 0. The van der Waals surface area contributed by atoms with Crippen molar-refractivity contribution in [3.05, 3.63) is 0 Å². The van der Waals surface area contributed by atoms with Crippen LogP contribution in [0.1, 0.15) is 72.6 Å². The predicted octanol–water partition coefficient (Wildman–Crippen LogP) is 4.39. The topological polar surface area (TPSA) is 43.4 Å². The SMILES string of the molecule is CCCCOC(=O)CCC(=O)[C@@H]1C[C@H](C)CC[C@H]1C(C)C. The summed E-state index contributed by atoms with van der Waals surface area (Å²) in [6.45, 7) is 9.20. The van der Waals surface area contributed by atoms with Crippen LogP contribution in [0.4, 0.5) is 0 Å². The maximum atomic E-state index is 12.5. The van der Waals surface area contributed by atoms with Gasteiger partial charge in [-0.05, 0) is 37.0 Å². The van der Waals surface area contributed by atoms with Crippen LogP contribution in [0.3, 0.4) is 0 Å². The minimum Gasteiger partial charge on any atom is -0.466 e. The number of hydrogen-bond acceptors (Lipinski definition) is 3. The van der Waals surface area contributed by atoms with Crippen LogP contribution in [-0.4, -0.2) is 18.4 Å². The second kappa shape index (κ2) is 9.22. The van der Waals surface area contributed by atoms with E-state index >= 15 is 0 Å². The Morgan fingerprint density at radius 2 is 1.90 bits per heavy atom. The molecule has 0 bridgehead atoms. The first-order valence-electron chi connectivity index (χ1n) is 8.64. The van der Waals surface area contributed by atoms with Crippen LogP contribution in [0, 0.1) is 23.7 Å². The lowest BCUT2D eigenvalue weighted by Gasteiger charge is -2.36. The lowest BCUT2D eigenvalue weighted by atomic mass is 9.68. The molecular weight excluding hydrogens is 264 g/mol. The summed E-state index contributed by atoms with van der Waals surface area (Å²) in [4.78, 5) is 24.1. The summed E-state index contributed by atoms with van der Waals surface area (Å²) in [5, 5.41) is 0. The highest BCUT2D eigenvalue weighted by Crippen LogP contribution is 2.39. The monoisotopic (exact) mass is 296 g/mol. The molecule has 3 atom stereocenters. The van der Waals surface area contributed by atoms with E-state index < -0.39 is 0 Å². The van der Waals surface area contributed by atoms with Crippen LogP contribution in [0.2, 0.25) is 0 Å². The number of ether oxygens (including phenoxy) is 1. The average molecular weight is 296 g/mol. The molecule has 3 nitrogen and oxygen atoms in total. The van der Waals surface area contributed by atoms with Gasteiger partial charge in [-0.1, -0.05) is 40.5 Å². The fourth-order valence-electron chi connectivity index (χ4n) is 3.39. The molecule has 3 heteroatoms. The number of unbranched alkanes of at least 4 members (excludes halogenated alkanes) is 1. The zero-order chi connectivity index (χ0) is 15.8. The van der Waals surface area contributed by atoms with Gasteiger partial charge in [0, 0.05) is 12.3 Å². The van der Waals surface area contributed by atoms with Crippen LogP contribution in [0.25, 0.3) is 0 Å². The second-order valence-corrected chi connectivity index (χ2v) is 6.97. The van der Waals surface area contributed by atoms with Gasteiger partial charge in [0.05, 0.1) is 13.0 Å². The molecule has 0 radical (unpaired) electrons. The number of rotatable bonds is 8. The van der Waals surface area contributed by atoms with E-state index in [-0.39, 0.29) is 24.1 Å². The predicted molar refractivity (Wildman–Crippen MR) is 84.9 cm³/mol. The molecule has 1 aliphatic rings. The molecule has 0 saturated heterocycles. The minimum absolute atomic E-state index is 0.150. The molecule has 122 valence electrons. The summed E-state index contributed by atoms with van der Waals surface area (Å²) in [7, 11) is 0. The molecule has 0 spiro atoms. The van der Waals surface area contributed by atoms with Gasteiger partial charge >= 0.3 is 5.97 Å². The van der Waals surface area contributed by atoms with Crippen molar-refractivity contribution in [1.29, 1.82) is 0 Å². The number of hydrogen-bond donors (Lipinski definition) is 0. The van der Waals surface area contributed by atoms with E-state index in [1.54, 1.807) is 0 Å². The van der Waals surface area contributed by atoms with Gasteiger partial charge in [-0.2, -0.15) is 0 Å². The lowest BCUT2D eigenvalue weighted by Crippen LogP contribution is -2.33. The van der Waals surface area contributed by atoms with Crippen LogP contribution in [0.5, 0.6) is 0 Å². The van der Waals surface area contributed by atoms with Gasteiger partial charge < -0.3 is 4.74 Å². The molecule has 1 rings (SSSR count). The maximum Gasteiger partial charge on any atom is 0.306 e. The Morgan fingerprint density at radius 3 is 2.52 bits per heavy atom. The lowest BCUT2D eigenvalue weighted by molar-refractivity contribution is -0.145. The third kappa shape index (κ3) is 6.19. The number of carbonyl (C=O) groups excluding carboxylic acids is 2. The van der Waals surface area contributed by atoms with Gasteiger partial charge in [0.15, 0.2) is 0 Å². The summed E-state index contributed by atoms with van der Waals surface area (Å²) in [5.41, 5.74) is 0. The zero-order valence-electron chi connectivity index (χ0n) is 14.2. The van der Waals surface area contributed by atoms with Gasteiger partial charge in [0.25, 0.3) is 0 Å². The molecule has 0 aliphatic heterocycles. The van der Waals surface area contributed by atoms with E-state index in [4.69, 9.17) is 4.74 Å². The first-order valence-corrected chi connectivity index (χ1v) is 8.64. The van der Waals surface area contributed by atoms with Crippen molar-refractivity contribution in [3.8, 4) is 0 Å². The summed E-state index contributed by atoms with van der Waals surface area (Å²) in [6, 6.07) is 0. The van der Waals surface area contributed by atoms with Crippen LogP contribution >= 0.6 is 0 Å². The van der Waals surface area contributed by atoms with Gasteiger partial charge in [-0.3, -0.25) is 9.59 Å². The van der Waals surface area contributed by atoms with Crippen LogP contribution in [-0.2, 0) is 14.3 Å². The van der Waals surface area contributed by atoms with Crippen molar-refractivity contribution in [2.24, 2.45) is 23.7 Å². The van der Waals surface area contributed by atoms with Crippen LogP contribution < -0.4 is 0 Å². The highest BCUT2D eigenvalue weighted by Gasteiger charge is 2.34. The Kier molecular flexibility index (Phi) is 7.98. The van der Waals surface area contributed by atoms with E-state index in [1.807, 2.05) is 0 Å².